The average molecular weight is 307 g/mol. The van der Waals surface area contributed by atoms with Crippen molar-refractivity contribution in [2.24, 2.45) is 5.92 Å². The molecule has 1 unspecified atom stereocenters. The largest absolute Gasteiger partial charge is 0.312 e. The van der Waals surface area contributed by atoms with Crippen LogP contribution in [0.3, 0.4) is 0 Å². The fourth-order valence-corrected chi connectivity index (χ4v) is 3.65. The number of nitrogens with zero attached hydrogens (tertiary/aromatic N) is 1. The van der Waals surface area contributed by atoms with Crippen LogP contribution in [0.2, 0.25) is 0 Å². The van der Waals surface area contributed by atoms with Crippen LogP contribution < -0.4 is 4.90 Å². The second kappa shape index (κ2) is 6.57. The molecule has 3 rings (SSSR count). The number of hydrogen-bond acceptors (Lipinski definition) is 1. The van der Waals surface area contributed by atoms with Gasteiger partial charge in [-0.25, -0.2) is 0 Å². The first-order valence-electron chi connectivity index (χ1n) is 8.51. The van der Waals surface area contributed by atoms with Crippen molar-refractivity contribution in [2.45, 2.75) is 39.5 Å². The molecule has 0 saturated carbocycles. The quantitative estimate of drug-likeness (QED) is 0.799. The lowest BCUT2D eigenvalue weighted by atomic mass is 9.81. The van der Waals surface area contributed by atoms with Crippen LogP contribution in [0.5, 0.6) is 0 Å². The van der Waals surface area contributed by atoms with E-state index in [0.29, 0.717) is 11.8 Å². The monoisotopic (exact) mass is 307 g/mol. The predicted molar refractivity (Wildman–Crippen MR) is 95.9 cm³/mol. The molecule has 0 radical (unpaired) electrons. The number of hydrogen-bond donors (Lipinski definition) is 0. The molecule has 23 heavy (non-hydrogen) atoms. The van der Waals surface area contributed by atoms with Crippen molar-refractivity contribution in [3.8, 4) is 0 Å². The molecule has 0 N–H and O–H groups in total. The van der Waals surface area contributed by atoms with Crippen molar-refractivity contribution in [1.29, 1.82) is 0 Å². The Hall–Kier alpha value is -2.09. The van der Waals surface area contributed by atoms with E-state index in [1.54, 1.807) is 6.92 Å². The average Bonchev–Trinajstić information content (AvgIpc) is 2.54. The molecule has 1 atom stereocenters. The lowest BCUT2D eigenvalue weighted by molar-refractivity contribution is -0.116. The molecule has 120 valence electrons. The van der Waals surface area contributed by atoms with E-state index < -0.39 is 0 Å². The summed E-state index contributed by atoms with van der Waals surface area (Å²) >= 11 is 0. The molecule has 0 aliphatic carbocycles. The molecule has 0 fully saturated rings. The van der Waals surface area contributed by atoms with Crippen molar-refractivity contribution in [3.63, 3.8) is 0 Å². The molecule has 1 heterocycles. The fraction of sp³-hybridized carbons (Fsp3) is 0.381. The number of rotatable bonds is 3. The van der Waals surface area contributed by atoms with Gasteiger partial charge in [-0.2, -0.15) is 0 Å². The van der Waals surface area contributed by atoms with E-state index in [0.717, 1.165) is 25.1 Å². The van der Waals surface area contributed by atoms with Crippen molar-refractivity contribution in [2.75, 3.05) is 11.4 Å². The summed E-state index contributed by atoms with van der Waals surface area (Å²) in [7, 11) is 0. The predicted octanol–water partition coefficient (Wildman–Crippen LogP) is 4.77. The number of fused-ring (bicyclic) bond motifs is 1. The van der Waals surface area contributed by atoms with Crippen LogP contribution in [0.1, 0.15) is 49.8 Å². The zero-order valence-corrected chi connectivity index (χ0v) is 14.3. The van der Waals surface area contributed by atoms with Crippen LogP contribution >= 0.6 is 0 Å². The van der Waals surface area contributed by atoms with Gasteiger partial charge < -0.3 is 4.90 Å². The number of amides is 1. The first kappa shape index (κ1) is 15.8. The molecule has 0 saturated heterocycles. The third-order valence-corrected chi connectivity index (χ3v) is 4.88. The minimum Gasteiger partial charge on any atom is -0.312 e. The highest BCUT2D eigenvalue weighted by Gasteiger charge is 2.29. The van der Waals surface area contributed by atoms with Crippen molar-refractivity contribution in [1.82, 2.24) is 0 Å². The standard InChI is InChI=1S/C21H25NO/c1-15(2)19-11-12-22(16(3)23)21-10-9-18(14-20(19)21)13-17-7-5-4-6-8-17/h4-10,14-15,19H,11-13H2,1-3H3. The van der Waals surface area contributed by atoms with Crippen LogP contribution in [0.4, 0.5) is 5.69 Å². The summed E-state index contributed by atoms with van der Waals surface area (Å²) in [5.74, 6) is 1.27. The molecule has 0 aromatic heterocycles. The lowest BCUT2D eigenvalue weighted by Crippen LogP contribution is -2.36. The first-order chi connectivity index (χ1) is 11.1. The van der Waals surface area contributed by atoms with E-state index >= 15 is 0 Å². The van der Waals surface area contributed by atoms with Crippen molar-refractivity contribution in [3.05, 3.63) is 65.2 Å². The van der Waals surface area contributed by atoms with E-state index in [9.17, 15) is 4.79 Å². The van der Waals surface area contributed by atoms with Gasteiger partial charge in [-0.3, -0.25) is 4.79 Å². The molecule has 2 heteroatoms. The minimum atomic E-state index is 0.143. The Kier molecular flexibility index (Phi) is 4.51. The second-order valence-corrected chi connectivity index (χ2v) is 6.87. The minimum absolute atomic E-state index is 0.143. The Morgan fingerprint density at radius 2 is 1.87 bits per heavy atom. The lowest BCUT2D eigenvalue weighted by Gasteiger charge is -2.36. The summed E-state index contributed by atoms with van der Waals surface area (Å²) < 4.78 is 0. The van der Waals surface area contributed by atoms with Crippen molar-refractivity contribution < 1.29 is 4.79 Å². The molecular formula is C21H25NO. The van der Waals surface area contributed by atoms with Gasteiger partial charge in [-0.05, 0) is 47.4 Å². The highest BCUT2D eigenvalue weighted by atomic mass is 16.2. The summed E-state index contributed by atoms with van der Waals surface area (Å²) in [5, 5.41) is 0. The zero-order chi connectivity index (χ0) is 16.4. The SMILES string of the molecule is CC(=O)N1CCC(C(C)C)c2cc(Cc3ccccc3)ccc21. The van der Waals surface area contributed by atoms with E-state index in [2.05, 4.69) is 62.4 Å². The Balaban J connectivity index is 1.97. The number of carbonyl (C=O) groups is 1. The Morgan fingerprint density at radius 1 is 1.13 bits per heavy atom. The van der Waals surface area contributed by atoms with Crippen LogP contribution in [0.15, 0.2) is 48.5 Å². The molecule has 1 aliphatic rings. The molecule has 1 amide bonds. The van der Waals surface area contributed by atoms with Gasteiger partial charge in [0.2, 0.25) is 5.91 Å². The van der Waals surface area contributed by atoms with Gasteiger partial charge in [0.15, 0.2) is 0 Å². The topological polar surface area (TPSA) is 20.3 Å². The van der Waals surface area contributed by atoms with Crippen molar-refractivity contribution >= 4 is 11.6 Å². The normalized spacial score (nSPS) is 17.2. The fourth-order valence-electron chi connectivity index (χ4n) is 3.65. The summed E-state index contributed by atoms with van der Waals surface area (Å²) in [6.07, 6.45) is 2.00. The molecule has 2 nitrogen and oxygen atoms in total. The van der Waals surface area contributed by atoms with E-state index in [1.807, 2.05) is 4.90 Å². The Bertz CT molecular complexity index is 690. The van der Waals surface area contributed by atoms with Crippen LogP contribution in [0.25, 0.3) is 0 Å². The summed E-state index contributed by atoms with van der Waals surface area (Å²) in [6, 6.07) is 17.2. The third kappa shape index (κ3) is 3.31. The molecule has 2 aromatic carbocycles. The second-order valence-electron chi connectivity index (χ2n) is 6.87. The third-order valence-electron chi connectivity index (χ3n) is 4.88. The summed E-state index contributed by atoms with van der Waals surface area (Å²) in [4.78, 5) is 13.9. The number of carbonyl (C=O) groups excluding carboxylic acids is 1. The van der Waals surface area contributed by atoms with Crippen LogP contribution in [-0.2, 0) is 11.2 Å². The maximum absolute atomic E-state index is 11.9. The van der Waals surface area contributed by atoms with Gasteiger partial charge in [-0.1, -0.05) is 56.3 Å². The molecular weight excluding hydrogens is 282 g/mol. The maximum atomic E-state index is 11.9. The van der Waals surface area contributed by atoms with Gasteiger partial charge in [0.1, 0.15) is 0 Å². The van der Waals surface area contributed by atoms with E-state index in [4.69, 9.17) is 0 Å². The van der Waals surface area contributed by atoms with Gasteiger partial charge >= 0.3 is 0 Å². The maximum Gasteiger partial charge on any atom is 0.223 e. The smallest absolute Gasteiger partial charge is 0.223 e. The van der Waals surface area contributed by atoms with Crippen LogP contribution in [0, 0.1) is 5.92 Å². The van der Waals surface area contributed by atoms with Gasteiger partial charge in [0, 0.05) is 19.2 Å². The summed E-state index contributed by atoms with van der Waals surface area (Å²) in [6.45, 7) is 7.06. The Labute approximate surface area is 139 Å². The van der Waals surface area contributed by atoms with Gasteiger partial charge in [-0.15, -0.1) is 0 Å². The first-order valence-corrected chi connectivity index (χ1v) is 8.51. The van der Waals surface area contributed by atoms with E-state index in [1.165, 1.54) is 16.7 Å². The van der Waals surface area contributed by atoms with Gasteiger partial charge in [0.05, 0.1) is 0 Å². The van der Waals surface area contributed by atoms with Gasteiger partial charge in [0.25, 0.3) is 0 Å². The molecule has 2 aromatic rings. The van der Waals surface area contributed by atoms with E-state index in [-0.39, 0.29) is 5.91 Å². The molecule has 0 bridgehead atoms. The molecule has 0 spiro atoms. The highest BCUT2D eigenvalue weighted by Crippen LogP contribution is 2.40. The number of anilines is 1. The molecule has 1 aliphatic heterocycles. The zero-order valence-electron chi connectivity index (χ0n) is 14.3. The summed E-state index contributed by atoms with van der Waals surface area (Å²) in [5.41, 5.74) is 5.10. The number of benzene rings is 2. The Morgan fingerprint density at radius 3 is 2.52 bits per heavy atom. The highest BCUT2D eigenvalue weighted by molar-refractivity contribution is 5.93. The van der Waals surface area contributed by atoms with Crippen LogP contribution in [-0.4, -0.2) is 12.5 Å².